The maximum atomic E-state index is 5.68. The van der Waals surface area contributed by atoms with Crippen LogP contribution in [0, 0.1) is 12.3 Å². The topological polar surface area (TPSA) is 59.9 Å². The van der Waals surface area contributed by atoms with Gasteiger partial charge in [-0.3, -0.25) is 0 Å². The number of ether oxygens (including phenoxy) is 1. The van der Waals surface area contributed by atoms with E-state index >= 15 is 0 Å². The van der Waals surface area contributed by atoms with Gasteiger partial charge in [0.1, 0.15) is 0 Å². The first-order valence-electron chi connectivity index (χ1n) is 4.42. The van der Waals surface area contributed by atoms with Gasteiger partial charge in [-0.2, -0.15) is 15.0 Å². The van der Waals surface area contributed by atoms with Crippen molar-refractivity contribution in [2.45, 2.75) is 19.9 Å². The van der Waals surface area contributed by atoms with Crippen molar-refractivity contribution in [3.63, 3.8) is 0 Å². The summed E-state index contributed by atoms with van der Waals surface area (Å²) in [5, 5.41) is 2.94. The van der Waals surface area contributed by atoms with E-state index in [0.717, 1.165) is 0 Å². The van der Waals surface area contributed by atoms with E-state index in [1.165, 1.54) is 0 Å². The average molecular weight is 227 g/mol. The fourth-order valence-electron chi connectivity index (χ4n) is 0.825. The van der Waals surface area contributed by atoms with Crippen molar-refractivity contribution in [3.05, 3.63) is 5.28 Å². The van der Waals surface area contributed by atoms with E-state index in [1.807, 2.05) is 6.92 Å². The first-order chi connectivity index (χ1) is 7.15. The average Bonchev–Trinajstić information content (AvgIpc) is 2.17. The highest BCUT2D eigenvalue weighted by molar-refractivity contribution is 6.28. The predicted molar refractivity (Wildman–Crippen MR) is 57.9 cm³/mol. The van der Waals surface area contributed by atoms with E-state index in [9.17, 15) is 0 Å². The van der Waals surface area contributed by atoms with Crippen molar-refractivity contribution >= 4 is 17.5 Å². The zero-order valence-electron chi connectivity index (χ0n) is 8.49. The Balaban J connectivity index is 2.84. The quantitative estimate of drug-likeness (QED) is 0.786. The van der Waals surface area contributed by atoms with E-state index in [4.69, 9.17) is 22.8 Å². The molecule has 0 saturated heterocycles. The van der Waals surface area contributed by atoms with Crippen LogP contribution in [0.2, 0.25) is 5.28 Å². The summed E-state index contributed by atoms with van der Waals surface area (Å²) in [6, 6.07) is 0.00200. The maximum Gasteiger partial charge on any atom is 0.322 e. The Morgan fingerprint density at radius 2 is 2.27 bits per heavy atom. The summed E-state index contributed by atoms with van der Waals surface area (Å²) in [7, 11) is 0. The van der Waals surface area contributed by atoms with Gasteiger partial charge >= 0.3 is 6.01 Å². The van der Waals surface area contributed by atoms with Crippen LogP contribution in [0.3, 0.4) is 0 Å². The molecule has 6 heteroatoms. The lowest BCUT2D eigenvalue weighted by atomic mass is 10.4. The minimum absolute atomic E-state index is 0.0696. The largest absolute Gasteiger partial charge is 0.464 e. The van der Waals surface area contributed by atoms with Crippen LogP contribution >= 0.6 is 11.6 Å². The summed E-state index contributed by atoms with van der Waals surface area (Å²) in [6.07, 6.45) is 5.21. The summed E-state index contributed by atoms with van der Waals surface area (Å²) in [5.74, 6) is 2.80. The van der Waals surface area contributed by atoms with Crippen molar-refractivity contribution in [1.29, 1.82) is 0 Å². The third-order valence-electron chi connectivity index (χ3n) is 1.46. The van der Waals surface area contributed by atoms with Crippen molar-refractivity contribution < 1.29 is 4.74 Å². The molecule has 0 spiro atoms. The third-order valence-corrected chi connectivity index (χ3v) is 1.63. The summed E-state index contributed by atoms with van der Waals surface area (Å²) in [6.45, 7) is 4.09. The van der Waals surface area contributed by atoms with Crippen LogP contribution in [0.1, 0.15) is 13.8 Å². The zero-order valence-corrected chi connectivity index (χ0v) is 9.25. The number of aromatic nitrogens is 3. The molecule has 0 fully saturated rings. The molecule has 1 aromatic heterocycles. The molecule has 1 rings (SSSR count). The van der Waals surface area contributed by atoms with Crippen molar-refractivity contribution in [2.75, 3.05) is 11.9 Å². The zero-order chi connectivity index (χ0) is 11.3. The lowest BCUT2D eigenvalue weighted by molar-refractivity contribution is 0.312. The molecule has 15 heavy (non-hydrogen) atoms. The molecule has 0 saturated carbocycles. The molecular weight excluding hydrogens is 216 g/mol. The number of anilines is 1. The van der Waals surface area contributed by atoms with Crippen LogP contribution in [0.15, 0.2) is 0 Å². The summed E-state index contributed by atoms with van der Waals surface area (Å²) >= 11 is 5.68. The highest BCUT2D eigenvalue weighted by Gasteiger charge is 2.06. The summed E-state index contributed by atoms with van der Waals surface area (Å²) in [4.78, 5) is 11.6. The van der Waals surface area contributed by atoms with Crippen LogP contribution in [0.5, 0.6) is 6.01 Å². The highest BCUT2D eigenvalue weighted by atomic mass is 35.5. The van der Waals surface area contributed by atoms with E-state index in [-0.39, 0.29) is 17.3 Å². The molecule has 0 aliphatic rings. The Bertz CT molecular complexity index is 377. The van der Waals surface area contributed by atoms with Crippen molar-refractivity contribution in [3.8, 4) is 18.4 Å². The molecule has 1 unspecified atom stereocenters. The number of rotatable bonds is 4. The first-order valence-corrected chi connectivity index (χ1v) is 4.80. The second-order valence-electron chi connectivity index (χ2n) is 2.68. The minimum atomic E-state index is -0.182. The van der Waals surface area contributed by atoms with E-state index in [0.29, 0.717) is 12.6 Å². The van der Waals surface area contributed by atoms with E-state index in [2.05, 4.69) is 26.2 Å². The van der Waals surface area contributed by atoms with Gasteiger partial charge in [-0.25, -0.2) is 0 Å². The Morgan fingerprint density at radius 1 is 1.53 bits per heavy atom. The van der Waals surface area contributed by atoms with Gasteiger partial charge in [0.15, 0.2) is 0 Å². The molecule has 0 bridgehead atoms. The van der Waals surface area contributed by atoms with Crippen LogP contribution < -0.4 is 10.1 Å². The van der Waals surface area contributed by atoms with E-state index in [1.54, 1.807) is 6.92 Å². The fraction of sp³-hybridized carbons (Fsp3) is 0.444. The van der Waals surface area contributed by atoms with Crippen LogP contribution in [-0.2, 0) is 0 Å². The smallest absolute Gasteiger partial charge is 0.322 e. The van der Waals surface area contributed by atoms with Crippen LogP contribution in [0.4, 0.5) is 5.95 Å². The molecule has 1 heterocycles. The molecule has 1 aromatic rings. The van der Waals surface area contributed by atoms with Gasteiger partial charge in [-0.15, -0.1) is 6.42 Å². The SMILES string of the molecule is C#CC(C)Nc1nc(Cl)nc(OCC)n1. The molecule has 1 N–H and O–H groups in total. The first kappa shape index (κ1) is 11.5. The molecule has 0 aliphatic heterocycles. The van der Waals surface area contributed by atoms with Gasteiger partial charge in [0.25, 0.3) is 0 Å². The highest BCUT2D eigenvalue weighted by Crippen LogP contribution is 2.11. The van der Waals surface area contributed by atoms with Gasteiger partial charge in [0, 0.05) is 0 Å². The second kappa shape index (κ2) is 5.37. The molecule has 0 aliphatic carbocycles. The molecule has 0 amide bonds. The fourth-order valence-corrected chi connectivity index (χ4v) is 0.978. The number of terminal acetylenes is 1. The minimum Gasteiger partial charge on any atom is -0.464 e. The van der Waals surface area contributed by atoms with Gasteiger partial charge in [0.2, 0.25) is 11.2 Å². The predicted octanol–water partition coefficient (Wildman–Crippen LogP) is 1.36. The van der Waals surface area contributed by atoms with Crippen molar-refractivity contribution in [1.82, 2.24) is 15.0 Å². The van der Waals surface area contributed by atoms with Crippen LogP contribution in [0.25, 0.3) is 0 Å². The van der Waals surface area contributed by atoms with Gasteiger partial charge in [-0.1, -0.05) is 5.92 Å². The number of nitrogens with zero attached hydrogens (tertiary/aromatic N) is 3. The summed E-state index contributed by atoms with van der Waals surface area (Å²) in [5.41, 5.74) is 0. The molecule has 5 nitrogen and oxygen atoms in total. The number of hydrogen-bond acceptors (Lipinski definition) is 5. The Morgan fingerprint density at radius 3 is 2.87 bits per heavy atom. The van der Waals surface area contributed by atoms with Gasteiger partial charge in [-0.05, 0) is 25.4 Å². The van der Waals surface area contributed by atoms with Gasteiger partial charge < -0.3 is 10.1 Å². The number of halogens is 1. The molecular formula is C9H11ClN4O. The number of hydrogen-bond donors (Lipinski definition) is 1. The Labute approximate surface area is 93.2 Å². The monoisotopic (exact) mass is 226 g/mol. The molecule has 0 radical (unpaired) electrons. The molecule has 0 aromatic carbocycles. The standard InChI is InChI=1S/C9H11ClN4O/c1-4-6(3)11-8-12-7(10)13-9(14-8)15-5-2/h1,6H,5H2,2-3H3,(H,11,12,13,14). The van der Waals surface area contributed by atoms with Crippen LogP contribution in [-0.4, -0.2) is 27.6 Å². The third kappa shape index (κ3) is 3.60. The lowest BCUT2D eigenvalue weighted by Gasteiger charge is -2.08. The van der Waals surface area contributed by atoms with E-state index < -0.39 is 0 Å². The number of nitrogens with one attached hydrogen (secondary N) is 1. The lowest BCUT2D eigenvalue weighted by Crippen LogP contribution is -2.15. The van der Waals surface area contributed by atoms with Crippen molar-refractivity contribution in [2.24, 2.45) is 0 Å². The van der Waals surface area contributed by atoms with Gasteiger partial charge in [0.05, 0.1) is 12.6 Å². The second-order valence-corrected chi connectivity index (χ2v) is 3.01. The Hall–Kier alpha value is -1.54. The summed E-state index contributed by atoms with van der Waals surface area (Å²) < 4.78 is 5.10. The Kier molecular flexibility index (Phi) is 4.13. The molecule has 80 valence electrons. The molecule has 1 atom stereocenters. The normalized spacial score (nSPS) is 11.6. The maximum absolute atomic E-state index is 5.68.